The molecule has 0 amide bonds. The van der Waals surface area contributed by atoms with Crippen molar-refractivity contribution in [2.24, 2.45) is 0 Å². The van der Waals surface area contributed by atoms with Crippen molar-refractivity contribution in [2.75, 3.05) is 20.3 Å². The van der Waals surface area contributed by atoms with Gasteiger partial charge in [0.15, 0.2) is 0 Å². The summed E-state index contributed by atoms with van der Waals surface area (Å²) in [6.45, 7) is 1.40. The smallest absolute Gasteiger partial charge is 0.132 e. The molecular weight excluding hydrogens is 426 g/mol. The third-order valence-corrected chi connectivity index (χ3v) is 7.80. The van der Waals surface area contributed by atoms with E-state index in [9.17, 15) is 13.9 Å². The second kappa shape index (κ2) is 9.16. The van der Waals surface area contributed by atoms with Gasteiger partial charge in [-0.3, -0.25) is 0 Å². The van der Waals surface area contributed by atoms with Gasteiger partial charge in [0.05, 0.1) is 4.21 Å². The van der Waals surface area contributed by atoms with Crippen molar-refractivity contribution in [3.8, 4) is 0 Å². The summed E-state index contributed by atoms with van der Waals surface area (Å²) in [5, 5.41) is 10.5. The monoisotopic (exact) mass is 448 g/mol. The lowest BCUT2D eigenvalue weighted by Gasteiger charge is -2.35. The predicted molar refractivity (Wildman–Crippen MR) is 114 cm³/mol. The summed E-state index contributed by atoms with van der Waals surface area (Å²) in [4.78, 5) is 2.21. The lowest BCUT2D eigenvalue weighted by Crippen LogP contribution is -2.34. The third kappa shape index (κ3) is 4.45. The molecule has 1 atom stereocenters. The van der Waals surface area contributed by atoms with Gasteiger partial charge < -0.3 is 14.6 Å². The first-order valence-electron chi connectivity index (χ1n) is 9.65. The number of hydrogen-bond donors (Lipinski definition) is 1. The molecule has 2 aromatic carbocycles. The molecule has 1 fully saturated rings. The summed E-state index contributed by atoms with van der Waals surface area (Å²) >= 11 is 3.35. The Kier molecular flexibility index (Phi) is 6.55. The van der Waals surface area contributed by atoms with Gasteiger partial charge in [0.2, 0.25) is 0 Å². The molecule has 0 bridgehead atoms. The Morgan fingerprint density at radius 3 is 2.47 bits per heavy atom. The second-order valence-electron chi connectivity index (χ2n) is 7.17. The topological polar surface area (TPSA) is 38.7 Å². The lowest BCUT2D eigenvalue weighted by molar-refractivity contribution is -0.0925. The molecule has 0 radical (unpaired) electrons. The Morgan fingerprint density at radius 1 is 1.07 bits per heavy atom. The average molecular weight is 449 g/mol. The van der Waals surface area contributed by atoms with Crippen molar-refractivity contribution >= 4 is 23.1 Å². The molecule has 1 unspecified atom stereocenters. The van der Waals surface area contributed by atoms with Crippen molar-refractivity contribution in [2.45, 2.75) is 33.7 Å². The maximum absolute atomic E-state index is 13.9. The standard InChI is InChI=1S/C23H22F2O3S2/c1-27-23(10-12-28-13-11-23)20-8-9-21(30-20)29-17-5-2-15(3-6-17)22(26)18-7-4-16(24)14-19(18)25/h2-9,14,22,26H,10-13H2,1H3. The Labute approximate surface area is 182 Å². The number of aliphatic hydroxyl groups is 1. The summed E-state index contributed by atoms with van der Waals surface area (Å²) in [5.41, 5.74) is 0.341. The number of aliphatic hydroxyl groups excluding tert-OH is 1. The van der Waals surface area contributed by atoms with Crippen LogP contribution in [0.2, 0.25) is 0 Å². The van der Waals surface area contributed by atoms with Crippen LogP contribution in [0.5, 0.6) is 0 Å². The second-order valence-corrected chi connectivity index (χ2v) is 9.63. The Morgan fingerprint density at radius 2 is 1.80 bits per heavy atom. The highest BCUT2D eigenvalue weighted by Gasteiger charge is 2.35. The zero-order chi connectivity index (χ0) is 21.1. The van der Waals surface area contributed by atoms with Crippen molar-refractivity contribution < 1.29 is 23.4 Å². The van der Waals surface area contributed by atoms with E-state index in [1.165, 1.54) is 10.9 Å². The molecule has 3 aromatic rings. The van der Waals surface area contributed by atoms with Gasteiger partial charge in [-0.1, -0.05) is 30.0 Å². The number of benzene rings is 2. The molecule has 30 heavy (non-hydrogen) atoms. The summed E-state index contributed by atoms with van der Waals surface area (Å²) in [7, 11) is 1.76. The molecule has 0 aliphatic carbocycles. The van der Waals surface area contributed by atoms with E-state index in [4.69, 9.17) is 9.47 Å². The zero-order valence-electron chi connectivity index (χ0n) is 16.4. The number of methoxy groups -OCH3 is 1. The van der Waals surface area contributed by atoms with Crippen LogP contribution in [0, 0.1) is 11.6 Å². The van der Waals surface area contributed by atoms with E-state index in [-0.39, 0.29) is 11.2 Å². The minimum absolute atomic E-state index is 0.0565. The Hall–Kier alpha value is -1.77. The first kappa shape index (κ1) is 21.5. The normalized spacial score (nSPS) is 17.1. The van der Waals surface area contributed by atoms with Gasteiger partial charge in [0, 0.05) is 54.6 Å². The highest BCUT2D eigenvalue weighted by molar-refractivity contribution is 8.01. The molecule has 7 heteroatoms. The summed E-state index contributed by atoms with van der Waals surface area (Å²) < 4.78 is 39.5. The van der Waals surface area contributed by atoms with Crippen LogP contribution >= 0.6 is 23.1 Å². The van der Waals surface area contributed by atoms with Crippen LogP contribution in [0.4, 0.5) is 8.78 Å². The molecule has 158 valence electrons. The average Bonchev–Trinajstić information content (AvgIpc) is 3.23. The van der Waals surface area contributed by atoms with Crippen molar-refractivity contribution in [3.63, 3.8) is 0 Å². The highest BCUT2D eigenvalue weighted by Crippen LogP contribution is 2.43. The van der Waals surface area contributed by atoms with Crippen molar-refractivity contribution in [3.05, 3.63) is 82.2 Å². The first-order valence-corrected chi connectivity index (χ1v) is 11.3. The quantitative estimate of drug-likeness (QED) is 0.509. The number of ether oxygens (including phenoxy) is 2. The molecule has 1 N–H and O–H groups in total. The van der Waals surface area contributed by atoms with E-state index >= 15 is 0 Å². The third-order valence-electron chi connectivity index (χ3n) is 5.39. The number of thiophene rings is 1. The van der Waals surface area contributed by atoms with Gasteiger partial charge in [-0.2, -0.15) is 0 Å². The molecule has 0 spiro atoms. The lowest BCUT2D eigenvalue weighted by atomic mass is 9.92. The zero-order valence-corrected chi connectivity index (χ0v) is 18.1. The van der Waals surface area contributed by atoms with Gasteiger partial charge in [-0.05, 0) is 35.9 Å². The Balaban J connectivity index is 1.47. The van der Waals surface area contributed by atoms with Crippen LogP contribution in [0.15, 0.2) is 63.7 Å². The molecule has 1 aliphatic heterocycles. The van der Waals surface area contributed by atoms with Crippen LogP contribution in [0.3, 0.4) is 0 Å². The SMILES string of the molecule is COC1(c2ccc(Sc3ccc(C(O)c4ccc(F)cc4F)cc3)s2)CCOCC1. The first-order chi connectivity index (χ1) is 14.5. The molecule has 2 heterocycles. The van der Waals surface area contributed by atoms with E-state index in [0.29, 0.717) is 18.8 Å². The number of halogens is 2. The number of hydrogen-bond acceptors (Lipinski definition) is 5. The van der Waals surface area contributed by atoms with Crippen molar-refractivity contribution in [1.82, 2.24) is 0 Å². The predicted octanol–water partition coefficient (Wildman–Crippen LogP) is 5.91. The fraction of sp³-hybridized carbons (Fsp3) is 0.304. The molecule has 1 saturated heterocycles. The Bertz CT molecular complexity index is 998. The van der Waals surface area contributed by atoms with E-state index in [1.807, 2.05) is 12.1 Å². The van der Waals surface area contributed by atoms with E-state index in [0.717, 1.165) is 34.1 Å². The fourth-order valence-corrected chi connectivity index (χ4v) is 5.94. The summed E-state index contributed by atoms with van der Waals surface area (Å²) in [5.74, 6) is -1.42. The highest BCUT2D eigenvalue weighted by atomic mass is 32.2. The van der Waals surface area contributed by atoms with Gasteiger partial charge >= 0.3 is 0 Å². The minimum atomic E-state index is -1.15. The van der Waals surface area contributed by atoms with Crippen LogP contribution in [-0.2, 0) is 15.1 Å². The van der Waals surface area contributed by atoms with Gasteiger partial charge in [-0.25, -0.2) is 8.78 Å². The van der Waals surface area contributed by atoms with E-state index in [2.05, 4.69) is 12.1 Å². The fourth-order valence-electron chi connectivity index (χ4n) is 3.61. The van der Waals surface area contributed by atoms with E-state index in [1.54, 1.807) is 42.3 Å². The largest absolute Gasteiger partial charge is 0.384 e. The molecule has 1 aromatic heterocycles. The van der Waals surface area contributed by atoms with E-state index < -0.39 is 17.7 Å². The molecule has 4 rings (SSSR count). The van der Waals surface area contributed by atoms with Gasteiger partial charge in [0.1, 0.15) is 23.3 Å². The van der Waals surface area contributed by atoms with Crippen LogP contribution in [0.1, 0.15) is 34.9 Å². The number of rotatable bonds is 6. The maximum Gasteiger partial charge on any atom is 0.132 e. The van der Waals surface area contributed by atoms with Gasteiger partial charge in [-0.15, -0.1) is 11.3 Å². The van der Waals surface area contributed by atoms with Crippen LogP contribution in [0.25, 0.3) is 0 Å². The minimum Gasteiger partial charge on any atom is -0.384 e. The molecule has 0 saturated carbocycles. The molecule has 3 nitrogen and oxygen atoms in total. The van der Waals surface area contributed by atoms with Crippen LogP contribution in [-0.4, -0.2) is 25.4 Å². The molecule has 1 aliphatic rings. The van der Waals surface area contributed by atoms with Gasteiger partial charge in [0.25, 0.3) is 0 Å². The maximum atomic E-state index is 13.9. The van der Waals surface area contributed by atoms with Crippen LogP contribution < -0.4 is 0 Å². The molecular formula is C23H22F2O3S2. The summed E-state index contributed by atoms with van der Waals surface area (Å²) in [6.07, 6.45) is 0.550. The summed E-state index contributed by atoms with van der Waals surface area (Å²) in [6, 6.07) is 14.7. The van der Waals surface area contributed by atoms with Crippen molar-refractivity contribution in [1.29, 1.82) is 0 Å².